The normalized spacial score (nSPS) is 15.5. The summed E-state index contributed by atoms with van der Waals surface area (Å²) in [6.07, 6.45) is -0.449. The van der Waals surface area contributed by atoms with Crippen molar-refractivity contribution in [2.45, 2.75) is 26.4 Å². The minimum absolute atomic E-state index is 0.183. The molecular weight excluding hydrogens is 412 g/mol. The largest absolute Gasteiger partial charge is 0.383 e. The van der Waals surface area contributed by atoms with E-state index in [4.69, 9.17) is 21.6 Å². The molecular formula is C24H27ClN4O2. The van der Waals surface area contributed by atoms with E-state index in [1.807, 2.05) is 62.4 Å². The van der Waals surface area contributed by atoms with Crippen molar-refractivity contribution in [1.29, 1.82) is 0 Å². The van der Waals surface area contributed by atoms with E-state index in [9.17, 15) is 9.90 Å². The molecule has 0 saturated carbocycles. The third kappa shape index (κ3) is 4.65. The Kier molecular flexibility index (Phi) is 6.39. The van der Waals surface area contributed by atoms with Crippen LogP contribution in [0.3, 0.4) is 0 Å². The molecule has 7 heteroatoms. The van der Waals surface area contributed by atoms with Crippen LogP contribution in [0.15, 0.2) is 48.5 Å². The maximum absolute atomic E-state index is 12.6. The van der Waals surface area contributed by atoms with Crippen molar-refractivity contribution in [3.8, 4) is 11.4 Å². The summed E-state index contributed by atoms with van der Waals surface area (Å²) in [4.78, 5) is 26.1. The van der Waals surface area contributed by atoms with Crippen LogP contribution in [0.25, 0.3) is 22.3 Å². The van der Waals surface area contributed by atoms with Crippen molar-refractivity contribution in [3.63, 3.8) is 0 Å². The van der Waals surface area contributed by atoms with Crippen LogP contribution in [0.5, 0.6) is 0 Å². The van der Waals surface area contributed by atoms with Crippen LogP contribution in [-0.4, -0.2) is 58.2 Å². The first-order valence-electron chi connectivity index (χ1n) is 10.7. The molecule has 1 fully saturated rings. The number of piperazine rings is 1. The predicted octanol–water partition coefficient (Wildman–Crippen LogP) is 4.01. The van der Waals surface area contributed by atoms with E-state index >= 15 is 0 Å². The molecule has 31 heavy (non-hydrogen) atoms. The van der Waals surface area contributed by atoms with Crippen LogP contribution in [0.1, 0.15) is 20.3 Å². The highest BCUT2D eigenvalue weighted by Gasteiger charge is 2.28. The molecule has 0 radical (unpaired) electrons. The summed E-state index contributed by atoms with van der Waals surface area (Å²) < 4.78 is 0. The SMILES string of the molecule is CC(C)C[C@@H](O)C(=O)N1CCN(c2nc(-c3ccccc3Cl)nc3ccccc23)CC1. The Morgan fingerprint density at radius 1 is 1.03 bits per heavy atom. The molecule has 162 valence electrons. The monoisotopic (exact) mass is 438 g/mol. The van der Waals surface area contributed by atoms with Gasteiger partial charge >= 0.3 is 0 Å². The molecule has 6 nitrogen and oxygen atoms in total. The zero-order valence-electron chi connectivity index (χ0n) is 17.8. The van der Waals surface area contributed by atoms with E-state index in [-0.39, 0.29) is 11.8 Å². The highest BCUT2D eigenvalue weighted by molar-refractivity contribution is 6.33. The molecule has 1 N–H and O–H groups in total. The Labute approximate surface area is 187 Å². The highest BCUT2D eigenvalue weighted by atomic mass is 35.5. The number of hydrogen-bond acceptors (Lipinski definition) is 5. The van der Waals surface area contributed by atoms with Gasteiger partial charge in [0.15, 0.2) is 5.82 Å². The highest BCUT2D eigenvalue weighted by Crippen LogP contribution is 2.31. The first-order chi connectivity index (χ1) is 14.9. The average Bonchev–Trinajstić information content (AvgIpc) is 2.78. The number of carbonyl (C=O) groups excluding carboxylic acids is 1. The third-order valence-electron chi connectivity index (χ3n) is 5.57. The lowest BCUT2D eigenvalue weighted by Gasteiger charge is -2.37. The van der Waals surface area contributed by atoms with Gasteiger partial charge in [0.2, 0.25) is 0 Å². The van der Waals surface area contributed by atoms with Crippen LogP contribution >= 0.6 is 11.6 Å². The minimum atomic E-state index is -0.932. The van der Waals surface area contributed by atoms with Crippen molar-refractivity contribution in [2.75, 3.05) is 31.1 Å². The lowest BCUT2D eigenvalue weighted by atomic mass is 10.0. The number of anilines is 1. The Hall–Kier alpha value is -2.70. The Morgan fingerprint density at radius 2 is 1.71 bits per heavy atom. The van der Waals surface area contributed by atoms with E-state index in [0.717, 1.165) is 22.3 Å². The molecule has 1 aromatic heterocycles. The van der Waals surface area contributed by atoms with Gasteiger partial charge in [-0.05, 0) is 36.6 Å². The van der Waals surface area contributed by atoms with Crippen molar-refractivity contribution >= 4 is 34.2 Å². The number of carbonyl (C=O) groups is 1. The van der Waals surface area contributed by atoms with Gasteiger partial charge in [-0.1, -0.05) is 49.7 Å². The van der Waals surface area contributed by atoms with Crippen LogP contribution < -0.4 is 4.90 Å². The Bertz CT molecular complexity index is 1080. The topological polar surface area (TPSA) is 69.6 Å². The standard InChI is InChI=1S/C24H27ClN4O2/c1-16(2)15-21(30)24(31)29-13-11-28(12-14-29)23-18-8-4-6-10-20(18)26-22(27-23)17-7-3-5-9-19(17)25/h3-10,16,21,30H,11-15H2,1-2H3/t21-/m1/s1. The fourth-order valence-corrected chi connectivity index (χ4v) is 4.18. The molecule has 1 aliphatic rings. The van der Waals surface area contributed by atoms with Gasteiger partial charge in [0, 0.05) is 37.1 Å². The zero-order chi connectivity index (χ0) is 22.0. The number of fused-ring (bicyclic) bond motifs is 1. The quantitative estimate of drug-likeness (QED) is 0.651. The molecule has 2 aromatic carbocycles. The molecule has 1 amide bonds. The van der Waals surface area contributed by atoms with Gasteiger partial charge in [-0.2, -0.15) is 0 Å². The molecule has 0 bridgehead atoms. The number of aliphatic hydroxyl groups excluding tert-OH is 1. The summed E-state index contributed by atoms with van der Waals surface area (Å²) in [5, 5.41) is 11.8. The number of rotatable bonds is 5. The van der Waals surface area contributed by atoms with E-state index in [1.54, 1.807) is 4.90 Å². The summed E-state index contributed by atoms with van der Waals surface area (Å²) >= 11 is 6.41. The van der Waals surface area contributed by atoms with Gasteiger partial charge < -0.3 is 14.9 Å². The van der Waals surface area contributed by atoms with Crippen LogP contribution in [-0.2, 0) is 4.79 Å². The maximum atomic E-state index is 12.6. The van der Waals surface area contributed by atoms with Crippen molar-refractivity contribution < 1.29 is 9.90 Å². The molecule has 2 heterocycles. The number of amides is 1. The maximum Gasteiger partial charge on any atom is 0.251 e. The first-order valence-corrected chi connectivity index (χ1v) is 11.1. The summed E-state index contributed by atoms with van der Waals surface area (Å²) in [7, 11) is 0. The fraction of sp³-hybridized carbons (Fsp3) is 0.375. The van der Waals surface area contributed by atoms with E-state index in [0.29, 0.717) is 43.4 Å². The van der Waals surface area contributed by atoms with E-state index in [2.05, 4.69) is 4.90 Å². The minimum Gasteiger partial charge on any atom is -0.383 e. The van der Waals surface area contributed by atoms with E-state index < -0.39 is 6.10 Å². The van der Waals surface area contributed by atoms with Crippen molar-refractivity contribution in [2.24, 2.45) is 5.92 Å². The molecule has 4 rings (SSSR count). The van der Waals surface area contributed by atoms with Gasteiger partial charge in [0.25, 0.3) is 5.91 Å². The molecule has 1 atom stereocenters. The number of halogens is 1. The van der Waals surface area contributed by atoms with Gasteiger partial charge in [-0.15, -0.1) is 0 Å². The first kappa shape index (κ1) is 21.5. The molecule has 0 spiro atoms. The average molecular weight is 439 g/mol. The van der Waals surface area contributed by atoms with Crippen LogP contribution in [0, 0.1) is 5.92 Å². The predicted molar refractivity (Wildman–Crippen MR) is 124 cm³/mol. The van der Waals surface area contributed by atoms with E-state index in [1.165, 1.54) is 0 Å². The number of nitrogens with zero attached hydrogens (tertiary/aromatic N) is 4. The van der Waals surface area contributed by atoms with Crippen LogP contribution in [0.2, 0.25) is 5.02 Å². The number of hydrogen-bond donors (Lipinski definition) is 1. The second-order valence-electron chi connectivity index (χ2n) is 8.33. The second kappa shape index (κ2) is 9.20. The Morgan fingerprint density at radius 3 is 2.42 bits per heavy atom. The zero-order valence-corrected chi connectivity index (χ0v) is 18.6. The van der Waals surface area contributed by atoms with Crippen molar-refractivity contribution in [3.05, 3.63) is 53.6 Å². The Balaban J connectivity index is 1.60. The number of aliphatic hydroxyl groups is 1. The van der Waals surface area contributed by atoms with Gasteiger partial charge in [0.1, 0.15) is 11.9 Å². The van der Waals surface area contributed by atoms with Gasteiger partial charge in [-0.25, -0.2) is 9.97 Å². The summed E-state index contributed by atoms with van der Waals surface area (Å²) in [5.41, 5.74) is 1.65. The molecule has 0 aliphatic carbocycles. The fourth-order valence-electron chi connectivity index (χ4n) is 3.96. The molecule has 0 unspecified atom stereocenters. The smallest absolute Gasteiger partial charge is 0.251 e. The number of benzene rings is 2. The lowest BCUT2D eigenvalue weighted by molar-refractivity contribution is -0.141. The lowest BCUT2D eigenvalue weighted by Crippen LogP contribution is -2.52. The van der Waals surface area contributed by atoms with Gasteiger partial charge in [0.05, 0.1) is 10.5 Å². The van der Waals surface area contributed by atoms with Crippen molar-refractivity contribution in [1.82, 2.24) is 14.9 Å². The summed E-state index contributed by atoms with van der Waals surface area (Å²) in [6.45, 7) is 6.39. The number of aromatic nitrogens is 2. The second-order valence-corrected chi connectivity index (χ2v) is 8.73. The van der Waals surface area contributed by atoms with Gasteiger partial charge in [-0.3, -0.25) is 4.79 Å². The summed E-state index contributed by atoms with van der Waals surface area (Å²) in [6, 6.07) is 15.5. The summed E-state index contributed by atoms with van der Waals surface area (Å²) in [5.74, 6) is 1.52. The van der Waals surface area contributed by atoms with Crippen LogP contribution in [0.4, 0.5) is 5.82 Å². The third-order valence-corrected chi connectivity index (χ3v) is 5.90. The molecule has 1 saturated heterocycles. The number of para-hydroxylation sites is 1. The molecule has 1 aliphatic heterocycles. The molecule has 3 aromatic rings.